The lowest BCUT2D eigenvalue weighted by Crippen LogP contribution is -2.40. The molecule has 1 amide bonds. The van der Waals surface area contributed by atoms with Crippen LogP contribution in [0.5, 0.6) is 0 Å². The van der Waals surface area contributed by atoms with Gasteiger partial charge in [-0.05, 0) is 25.0 Å². The van der Waals surface area contributed by atoms with E-state index in [2.05, 4.69) is 10.3 Å². The van der Waals surface area contributed by atoms with Crippen LogP contribution >= 0.6 is 11.6 Å². The Labute approximate surface area is 111 Å². The molecule has 0 radical (unpaired) electrons. The smallest absolute Gasteiger partial charge is 0.270 e. The molecule has 2 unspecified atom stereocenters. The van der Waals surface area contributed by atoms with Crippen LogP contribution in [0.1, 0.15) is 42.6 Å². The highest BCUT2D eigenvalue weighted by atomic mass is 35.5. The summed E-state index contributed by atoms with van der Waals surface area (Å²) in [7, 11) is 0. The van der Waals surface area contributed by atoms with Crippen LogP contribution in [0.4, 0.5) is 4.39 Å². The van der Waals surface area contributed by atoms with Gasteiger partial charge in [0.25, 0.3) is 5.91 Å². The zero-order valence-electron chi connectivity index (χ0n) is 10.0. The number of hydrogen-bond acceptors (Lipinski definition) is 2. The molecule has 0 aliphatic heterocycles. The average molecular weight is 271 g/mol. The van der Waals surface area contributed by atoms with Gasteiger partial charge in [-0.25, -0.2) is 9.37 Å². The number of amides is 1. The third-order valence-electron chi connectivity index (χ3n) is 3.21. The van der Waals surface area contributed by atoms with Crippen LogP contribution in [-0.4, -0.2) is 22.3 Å². The fraction of sp³-hybridized carbons (Fsp3) is 0.538. The lowest BCUT2D eigenvalue weighted by atomic mass is 10.1. The minimum atomic E-state index is -0.448. The number of carbonyl (C=O) groups is 1. The number of aromatic nitrogens is 1. The van der Waals surface area contributed by atoms with Crippen LogP contribution in [0.15, 0.2) is 18.3 Å². The Morgan fingerprint density at radius 1 is 1.33 bits per heavy atom. The Morgan fingerprint density at radius 3 is 2.83 bits per heavy atom. The number of nitrogens with one attached hydrogen (secondary N) is 1. The molecular formula is C13H16ClFN2O. The average Bonchev–Trinajstić information content (AvgIpc) is 2.56. The molecule has 1 aromatic rings. The molecule has 0 bridgehead atoms. The summed E-state index contributed by atoms with van der Waals surface area (Å²) in [5, 5.41) is 2.86. The van der Waals surface area contributed by atoms with Gasteiger partial charge >= 0.3 is 0 Å². The summed E-state index contributed by atoms with van der Waals surface area (Å²) >= 11 is 6.25. The summed E-state index contributed by atoms with van der Waals surface area (Å²) in [5.74, 6) is -0.733. The zero-order chi connectivity index (χ0) is 13.0. The number of hydrogen-bond donors (Lipinski definition) is 1. The molecular weight excluding hydrogens is 255 g/mol. The van der Waals surface area contributed by atoms with Crippen molar-refractivity contribution in [2.75, 3.05) is 0 Å². The molecule has 0 spiro atoms. The predicted octanol–water partition coefficient (Wildman–Crippen LogP) is 2.89. The van der Waals surface area contributed by atoms with Gasteiger partial charge in [0.1, 0.15) is 11.5 Å². The van der Waals surface area contributed by atoms with Crippen LogP contribution in [-0.2, 0) is 0 Å². The largest absolute Gasteiger partial charge is 0.346 e. The van der Waals surface area contributed by atoms with E-state index in [0.29, 0.717) is 0 Å². The van der Waals surface area contributed by atoms with E-state index >= 15 is 0 Å². The van der Waals surface area contributed by atoms with E-state index in [4.69, 9.17) is 11.6 Å². The van der Waals surface area contributed by atoms with E-state index in [-0.39, 0.29) is 23.0 Å². The number of alkyl halides is 1. The van der Waals surface area contributed by atoms with Crippen molar-refractivity contribution in [3.63, 3.8) is 0 Å². The second-order valence-corrected chi connectivity index (χ2v) is 5.16. The number of pyridine rings is 1. The van der Waals surface area contributed by atoms with Crippen molar-refractivity contribution in [1.82, 2.24) is 10.3 Å². The van der Waals surface area contributed by atoms with E-state index in [0.717, 1.165) is 38.3 Å². The van der Waals surface area contributed by atoms with Gasteiger partial charge in [-0.15, -0.1) is 11.6 Å². The van der Waals surface area contributed by atoms with Crippen molar-refractivity contribution in [3.05, 3.63) is 29.8 Å². The van der Waals surface area contributed by atoms with Gasteiger partial charge in [-0.3, -0.25) is 4.79 Å². The summed E-state index contributed by atoms with van der Waals surface area (Å²) in [5.41, 5.74) is 0.226. The van der Waals surface area contributed by atoms with E-state index in [9.17, 15) is 9.18 Å². The number of nitrogens with zero attached hydrogens (tertiary/aromatic N) is 1. The number of halogens is 2. The van der Waals surface area contributed by atoms with Crippen molar-refractivity contribution >= 4 is 17.5 Å². The van der Waals surface area contributed by atoms with E-state index in [1.165, 1.54) is 12.1 Å². The van der Waals surface area contributed by atoms with Crippen molar-refractivity contribution < 1.29 is 9.18 Å². The van der Waals surface area contributed by atoms with Gasteiger partial charge in [0, 0.05) is 6.04 Å². The van der Waals surface area contributed by atoms with Crippen molar-refractivity contribution in [1.29, 1.82) is 0 Å². The Morgan fingerprint density at radius 2 is 2.11 bits per heavy atom. The van der Waals surface area contributed by atoms with E-state index < -0.39 is 5.82 Å². The van der Waals surface area contributed by atoms with Gasteiger partial charge in [-0.2, -0.15) is 0 Å². The first-order chi connectivity index (χ1) is 8.66. The topological polar surface area (TPSA) is 42.0 Å². The van der Waals surface area contributed by atoms with E-state index in [1.807, 2.05) is 0 Å². The molecule has 3 nitrogen and oxygen atoms in total. The molecule has 1 N–H and O–H groups in total. The molecule has 1 aliphatic carbocycles. The standard InChI is InChI=1S/C13H16ClFN2O/c14-10-4-2-1-3-5-11(10)17-13(18)12-7-6-9(15)8-16-12/h6-8,10-11H,1-5H2,(H,17,18). The zero-order valence-corrected chi connectivity index (χ0v) is 10.8. The Hall–Kier alpha value is -1.16. The molecule has 0 saturated heterocycles. The van der Waals surface area contributed by atoms with Gasteiger partial charge in [0.05, 0.1) is 11.6 Å². The summed E-state index contributed by atoms with van der Waals surface area (Å²) in [6.07, 6.45) is 6.19. The molecule has 5 heteroatoms. The molecule has 1 aliphatic rings. The fourth-order valence-corrected chi connectivity index (χ4v) is 2.52. The summed E-state index contributed by atoms with van der Waals surface area (Å²) < 4.78 is 12.7. The maximum atomic E-state index is 12.7. The SMILES string of the molecule is O=C(NC1CCCCCC1Cl)c1ccc(F)cn1. The maximum Gasteiger partial charge on any atom is 0.270 e. The first kappa shape index (κ1) is 13.3. The minimum absolute atomic E-state index is 0.0199. The van der Waals surface area contributed by atoms with Crippen LogP contribution in [0.3, 0.4) is 0 Å². The highest BCUT2D eigenvalue weighted by molar-refractivity contribution is 6.21. The normalized spacial score (nSPS) is 24.3. The summed E-state index contributed by atoms with van der Waals surface area (Å²) in [6, 6.07) is 2.59. The lowest BCUT2D eigenvalue weighted by Gasteiger charge is -2.20. The monoisotopic (exact) mass is 270 g/mol. The third-order valence-corrected chi connectivity index (χ3v) is 3.73. The second kappa shape index (κ2) is 6.14. The predicted molar refractivity (Wildman–Crippen MR) is 68.2 cm³/mol. The molecule has 1 aromatic heterocycles. The summed E-state index contributed by atoms with van der Waals surface area (Å²) in [6.45, 7) is 0. The molecule has 0 aromatic carbocycles. The molecule has 98 valence electrons. The van der Waals surface area contributed by atoms with Gasteiger partial charge in [-0.1, -0.05) is 19.3 Å². The van der Waals surface area contributed by atoms with Crippen molar-refractivity contribution in [2.45, 2.75) is 43.5 Å². The highest BCUT2D eigenvalue weighted by Crippen LogP contribution is 2.22. The highest BCUT2D eigenvalue weighted by Gasteiger charge is 2.24. The van der Waals surface area contributed by atoms with Crippen LogP contribution in [0, 0.1) is 5.82 Å². The van der Waals surface area contributed by atoms with Crippen molar-refractivity contribution in [3.8, 4) is 0 Å². The number of carbonyl (C=O) groups excluding carboxylic acids is 1. The molecule has 1 heterocycles. The second-order valence-electron chi connectivity index (χ2n) is 4.60. The van der Waals surface area contributed by atoms with Gasteiger partial charge in [0.15, 0.2) is 0 Å². The molecule has 2 atom stereocenters. The quantitative estimate of drug-likeness (QED) is 0.663. The van der Waals surface area contributed by atoms with Gasteiger partial charge < -0.3 is 5.32 Å². The van der Waals surface area contributed by atoms with E-state index in [1.54, 1.807) is 0 Å². The van der Waals surface area contributed by atoms with Gasteiger partial charge in [0.2, 0.25) is 0 Å². The lowest BCUT2D eigenvalue weighted by molar-refractivity contribution is 0.0929. The maximum absolute atomic E-state index is 12.7. The van der Waals surface area contributed by atoms with Crippen LogP contribution in [0.2, 0.25) is 0 Å². The van der Waals surface area contributed by atoms with Crippen LogP contribution < -0.4 is 5.32 Å². The van der Waals surface area contributed by atoms with Crippen LogP contribution in [0.25, 0.3) is 0 Å². The Balaban J connectivity index is 1.99. The fourth-order valence-electron chi connectivity index (χ4n) is 2.18. The molecule has 2 rings (SSSR count). The first-order valence-electron chi connectivity index (χ1n) is 6.23. The molecule has 1 saturated carbocycles. The summed E-state index contributed by atoms with van der Waals surface area (Å²) in [4.78, 5) is 15.7. The molecule has 1 fully saturated rings. The third kappa shape index (κ3) is 3.42. The first-order valence-corrected chi connectivity index (χ1v) is 6.67. The number of rotatable bonds is 2. The Bertz CT molecular complexity index is 410. The minimum Gasteiger partial charge on any atom is -0.346 e. The Kier molecular flexibility index (Phi) is 4.53. The molecule has 18 heavy (non-hydrogen) atoms. The van der Waals surface area contributed by atoms with Crippen molar-refractivity contribution in [2.24, 2.45) is 0 Å².